The third kappa shape index (κ3) is 4.96. The Kier molecular flexibility index (Phi) is 6.98. The molecule has 0 spiro atoms. The highest BCUT2D eigenvalue weighted by Gasteiger charge is 2.19. The SMILES string of the molecule is NCC1CCCCN1CCCCCCO. The lowest BCUT2D eigenvalue weighted by molar-refractivity contribution is 0.149. The summed E-state index contributed by atoms with van der Waals surface area (Å²) >= 11 is 0. The maximum atomic E-state index is 8.67. The van der Waals surface area contributed by atoms with Crippen molar-refractivity contribution in [3.05, 3.63) is 0 Å². The minimum atomic E-state index is 0.342. The minimum Gasteiger partial charge on any atom is -0.396 e. The van der Waals surface area contributed by atoms with Crippen LogP contribution in [0.5, 0.6) is 0 Å². The van der Waals surface area contributed by atoms with Crippen LogP contribution in [-0.4, -0.2) is 42.3 Å². The molecule has 0 aromatic rings. The molecule has 0 bridgehead atoms. The van der Waals surface area contributed by atoms with Crippen molar-refractivity contribution < 1.29 is 5.11 Å². The maximum Gasteiger partial charge on any atom is 0.0431 e. The Morgan fingerprint density at radius 3 is 2.67 bits per heavy atom. The van der Waals surface area contributed by atoms with Crippen LogP contribution in [0.1, 0.15) is 44.9 Å². The fourth-order valence-electron chi connectivity index (χ4n) is 2.40. The zero-order valence-electron chi connectivity index (χ0n) is 9.83. The number of hydrogen-bond acceptors (Lipinski definition) is 3. The maximum absolute atomic E-state index is 8.67. The number of unbranched alkanes of at least 4 members (excludes halogenated alkanes) is 3. The lowest BCUT2D eigenvalue weighted by Crippen LogP contribution is -2.44. The summed E-state index contributed by atoms with van der Waals surface area (Å²) in [5.74, 6) is 0. The predicted octanol–water partition coefficient (Wildman–Crippen LogP) is 1.35. The lowest BCUT2D eigenvalue weighted by atomic mass is 10.0. The fourth-order valence-corrected chi connectivity index (χ4v) is 2.40. The second-order valence-corrected chi connectivity index (χ2v) is 4.56. The Bertz CT molecular complexity index is 153. The van der Waals surface area contributed by atoms with E-state index in [2.05, 4.69) is 4.90 Å². The summed E-state index contributed by atoms with van der Waals surface area (Å²) in [5.41, 5.74) is 5.77. The number of piperidine rings is 1. The molecule has 90 valence electrons. The second-order valence-electron chi connectivity index (χ2n) is 4.56. The number of likely N-dealkylation sites (tertiary alicyclic amines) is 1. The predicted molar refractivity (Wildman–Crippen MR) is 63.8 cm³/mol. The molecule has 3 heteroatoms. The monoisotopic (exact) mass is 214 g/mol. The summed E-state index contributed by atoms with van der Waals surface area (Å²) in [4.78, 5) is 2.56. The smallest absolute Gasteiger partial charge is 0.0431 e. The minimum absolute atomic E-state index is 0.342. The summed E-state index contributed by atoms with van der Waals surface area (Å²) in [6.07, 6.45) is 8.60. The molecule has 1 unspecified atom stereocenters. The zero-order valence-corrected chi connectivity index (χ0v) is 9.83. The van der Waals surface area contributed by atoms with Gasteiger partial charge in [0.1, 0.15) is 0 Å². The molecule has 3 N–H and O–H groups in total. The van der Waals surface area contributed by atoms with Gasteiger partial charge in [-0.15, -0.1) is 0 Å². The van der Waals surface area contributed by atoms with Gasteiger partial charge in [0, 0.05) is 19.2 Å². The molecule has 1 aliphatic heterocycles. The van der Waals surface area contributed by atoms with E-state index < -0.39 is 0 Å². The molecule has 1 heterocycles. The van der Waals surface area contributed by atoms with Gasteiger partial charge in [-0.25, -0.2) is 0 Å². The van der Waals surface area contributed by atoms with Crippen LogP contribution in [-0.2, 0) is 0 Å². The van der Waals surface area contributed by atoms with Crippen molar-refractivity contribution in [2.24, 2.45) is 5.73 Å². The van der Waals surface area contributed by atoms with Crippen LogP contribution in [0.25, 0.3) is 0 Å². The van der Waals surface area contributed by atoms with Gasteiger partial charge in [-0.05, 0) is 38.8 Å². The van der Waals surface area contributed by atoms with Crippen LogP contribution in [0.4, 0.5) is 0 Å². The molecule has 1 saturated heterocycles. The van der Waals surface area contributed by atoms with Gasteiger partial charge in [0.15, 0.2) is 0 Å². The van der Waals surface area contributed by atoms with Crippen LogP contribution in [0.15, 0.2) is 0 Å². The molecule has 1 aliphatic rings. The van der Waals surface area contributed by atoms with Crippen molar-refractivity contribution in [2.75, 3.05) is 26.2 Å². The first-order valence-corrected chi connectivity index (χ1v) is 6.43. The first-order valence-electron chi connectivity index (χ1n) is 6.43. The summed E-state index contributed by atoms with van der Waals surface area (Å²) in [6, 6.07) is 0.636. The van der Waals surface area contributed by atoms with E-state index in [1.807, 2.05) is 0 Å². The summed E-state index contributed by atoms with van der Waals surface area (Å²) < 4.78 is 0. The fraction of sp³-hybridized carbons (Fsp3) is 1.00. The zero-order chi connectivity index (χ0) is 10.9. The van der Waals surface area contributed by atoms with E-state index in [1.165, 1.54) is 45.2 Å². The van der Waals surface area contributed by atoms with Crippen LogP contribution >= 0.6 is 0 Å². The molecule has 0 amide bonds. The Balaban J connectivity index is 2.07. The summed E-state index contributed by atoms with van der Waals surface area (Å²) in [7, 11) is 0. The number of nitrogens with zero attached hydrogens (tertiary/aromatic N) is 1. The molecule has 0 saturated carbocycles. The topological polar surface area (TPSA) is 49.5 Å². The highest BCUT2D eigenvalue weighted by Crippen LogP contribution is 2.16. The second kappa shape index (κ2) is 8.08. The van der Waals surface area contributed by atoms with Crippen LogP contribution in [0.2, 0.25) is 0 Å². The van der Waals surface area contributed by atoms with Crippen LogP contribution < -0.4 is 5.73 Å². The van der Waals surface area contributed by atoms with Crippen LogP contribution in [0.3, 0.4) is 0 Å². The van der Waals surface area contributed by atoms with E-state index >= 15 is 0 Å². The largest absolute Gasteiger partial charge is 0.396 e. The average Bonchev–Trinajstić information content (AvgIpc) is 2.29. The van der Waals surface area contributed by atoms with Gasteiger partial charge in [-0.2, -0.15) is 0 Å². The Morgan fingerprint density at radius 2 is 1.93 bits per heavy atom. The van der Waals surface area contributed by atoms with Gasteiger partial charge in [-0.1, -0.05) is 19.3 Å². The Labute approximate surface area is 93.6 Å². The van der Waals surface area contributed by atoms with Crippen molar-refractivity contribution in [1.82, 2.24) is 4.90 Å². The number of hydrogen-bond donors (Lipinski definition) is 2. The van der Waals surface area contributed by atoms with Crippen molar-refractivity contribution in [2.45, 2.75) is 51.0 Å². The molecule has 1 rings (SSSR count). The molecule has 0 radical (unpaired) electrons. The molecule has 0 aromatic carbocycles. The van der Waals surface area contributed by atoms with E-state index in [-0.39, 0.29) is 0 Å². The van der Waals surface area contributed by atoms with Crippen molar-refractivity contribution in [1.29, 1.82) is 0 Å². The Morgan fingerprint density at radius 1 is 1.13 bits per heavy atom. The molecule has 1 atom stereocenters. The third-order valence-electron chi connectivity index (χ3n) is 3.37. The molecular formula is C12H26N2O. The summed E-state index contributed by atoms with van der Waals surface area (Å²) in [6.45, 7) is 3.60. The quantitative estimate of drug-likeness (QED) is 0.629. The van der Waals surface area contributed by atoms with Gasteiger partial charge in [0.05, 0.1) is 0 Å². The van der Waals surface area contributed by atoms with E-state index in [4.69, 9.17) is 10.8 Å². The van der Waals surface area contributed by atoms with E-state index in [0.29, 0.717) is 12.6 Å². The number of aliphatic hydroxyl groups is 1. The van der Waals surface area contributed by atoms with Gasteiger partial charge in [0.25, 0.3) is 0 Å². The number of rotatable bonds is 7. The van der Waals surface area contributed by atoms with Gasteiger partial charge in [-0.3, -0.25) is 4.90 Å². The highest BCUT2D eigenvalue weighted by molar-refractivity contribution is 4.77. The molecule has 1 fully saturated rings. The van der Waals surface area contributed by atoms with E-state index in [0.717, 1.165) is 19.4 Å². The first-order chi connectivity index (χ1) is 7.38. The average molecular weight is 214 g/mol. The normalized spacial score (nSPS) is 23.2. The van der Waals surface area contributed by atoms with Crippen molar-refractivity contribution in [3.8, 4) is 0 Å². The molecule has 15 heavy (non-hydrogen) atoms. The lowest BCUT2D eigenvalue weighted by Gasteiger charge is -2.34. The molecule has 3 nitrogen and oxygen atoms in total. The van der Waals surface area contributed by atoms with E-state index in [9.17, 15) is 0 Å². The number of aliphatic hydroxyl groups excluding tert-OH is 1. The number of nitrogens with two attached hydrogens (primary N) is 1. The first kappa shape index (κ1) is 12.9. The van der Waals surface area contributed by atoms with Crippen molar-refractivity contribution >= 4 is 0 Å². The van der Waals surface area contributed by atoms with Gasteiger partial charge >= 0.3 is 0 Å². The third-order valence-corrected chi connectivity index (χ3v) is 3.37. The van der Waals surface area contributed by atoms with Crippen molar-refractivity contribution in [3.63, 3.8) is 0 Å². The molecule has 0 aliphatic carbocycles. The molecular weight excluding hydrogens is 188 g/mol. The van der Waals surface area contributed by atoms with Gasteiger partial charge in [0.2, 0.25) is 0 Å². The van der Waals surface area contributed by atoms with Crippen LogP contribution in [0, 0.1) is 0 Å². The summed E-state index contributed by atoms with van der Waals surface area (Å²) in [5, 5.41) is 8.67. The standard InChI is InChI=1S/C12H26N2O/c13-11-12-7-3-5-9-14(12)8-4-1-2-6-10-15/h12,15H,1-11,13H2. The van der Waals surface area contributed by atoms with Gasteiger partial charge < -0.3 is 10.8 Å². The van der Waals surface area contributed by atoms with E-state index in [1.54, 1.807) is 0 Å². The Hall–Kier alpha value is -0.120. The molecule has 0 aromatic heterocycles. The highest BCUT2D eigenvalue weighted by atomic mass is 16.2.